The van der Waals surface area contributed by atoms with Gasteiger partial charge < -0.3 is 16.0 Å². The minimum absolute atomic E-state index is 0.105. The lowest BCUT2D eigenvalue weighted by Gasteiger charge is -2.09. The van der Waals surface area contributed by atoms with Crippen LogP contribution in [0.3, 0.4) is 0 Å². The third-order valence-corrected chi connectivity index (χ3v) is 3.16. The first-order chi connectivity index (χ1) is 11.4. The van der Waals surface area contributed by atoms with Crippen LogP contribution in [0.2, 0.25) is 0 Å². The van der Waals surface area contributed by atoms with Crippen LogP contribution >= 0.6 is 0 Å². The standard InChI is InChI=1S/C18H22N4O2/c1-12(2)10-20-18(24)17-9-8-16(11-19-17)22-15-6-4-14(5-7-15)21-13(3)23/h4-9,11-12,22H,10H2,1-3H3,(H,20,24)(H,21,23). The topological polar surface area (TPSA) is 83.1 Å². The van der Waals surface area contributed by atoms with Gasteiger partial charge in [0.15, 0.2) is 0 Å². The third-order valence-electron chi connectivity index (χ3n) is 3.16. The highest BCUT2D eigenvalue weighted by Gasteiger charge is 2.07. The summed E-state index contributed by atoms with van der Waals surface area (Å²) < 4.78 is 0. The molecule has 24 heavy (non-hydrogen) atoms. The van der Waals surface area contributed by atoms with E-state index in [-0.39, 0.29) is 11.8 Å². The van der Waals surface area contributed by atoms with Crippen molar-refractivity contribution in [2.45, 2.75) is 20.8 Å². The molecule has 0 unspecified atom stereocenters. The van der Waals surface area contributed by atoms with Crippen LogP contribution in [0.5, 0.6) is 0 Å². The highest BCUT2D eigenvalue weighted by atomic mass is 16.2. The summed E-state index contributed by atoms with van der Waals surface area (Å²) in [6, 6.07) is 10.8. The minimum Gasteiger partial charge on any atom is -0.354 e. The van der Waals surface area contributed by atoms with Crippen molar-refractivity contribution in [1.29, 1.82) is 0 Å². The van der Waals surface area contributed by atoms with Gasteiger partial charge >= 0.3 is 0 Å². The van der Waals surface area contributed by atoms with E-state index in [0.717, 1.165) is 17.1 Å². The van der Waals surface area contributed by atoms with Crippen molar-refractivity contribution in [2.24, 2.45) is 5.92 Å². The van der Waals surface area contributed by atoms with E-state index in [1.54, 1.807) is 18.3 Å². The van der Waals surface area contributed by atoms with Crippen molar-refractivity contribution >= 4 is 28.9 Å². The maximum atomic E-state index is 11.9. The predicted molar refractivity (Wildman–Crippen MR) is 95.4 cm³/mol. The van der Waals surface area contributed by atoms with Gasteiger partial charge in [0.1, 0.15) is 5.69 Å². The van der Waals surface area contributed by atoms with Crippen LogP contribution in [-0.4, -0.2) is 23.3 Å². The Morgan fingerprint density at radius 1 is 1.00 bits per heavy atom. The molecule has 6 heteroatoms. The Bertz CT molecular complexity index is 694. The van der Waals surface area contributed by atoms with Crippen molar-refractivity contribution in [1.82, 2.24) is 10.3 Å². The van der Waals surface area contributed by atoms with Crippen LogP contribution in [0, 0.1) is 5.92 Å². The van der Waals surface area contributed by atoms with Crippen LogP contribution in [-0.2, 0) is 4.79 Å². The van der Waals surface area contributed by atoms with E-state index in [1.807, 2.05) is 38.1 Å². The molecule has 0 saturated carbocycles. The minimum atomic E-state index is -0.171. The number of hydrogen-bond donors (Lipinski definition) is 3. The van der Waals surface area contributed by atoms with Crippen LogP contribution in [0.25, 0.3) is 0 Å². The third kappa shape index (κ3) is 5.39. The van der Waals surface area contributed by atoms with E-state index >= 15 is 0 Å². The van der Waals surface area contributed by atoms with Crippen LogP contribution < -0.4 is 16.0 Å². The largest absolute Gasteiger partial charge is 0.354 e. The first kappa shape index (κ1) is 17.5. The number of amides is 2. The number of carbonyl (C=O) groups excluding carboxylic acids is 2. The van der Waals surface area contributed by atoms with Crippen molar-refractivity contribution in [2.75, 3.05) is 17.2 Å². The normalized spacial score (nSPS) is 10.3. The molecule has 0 radical (unpaired) electrons. The fourth-order valence-corrected chi connectivity index (χ4v) is 2.00. The van der Waals surface area contributed by atoms with Crippen LogP contribution in [0.4, 0.5) is 17.1 Å². The number of aromatic nitrogens is 1. The fraction of sp³-hybridized carbons (Fsp3) is 0.278. The molecule has 2 rings (SSSR count). The molecule has 0 aliphatic carbocycles. The molecule has 0 fully saturated rings. The van der Waals surface area contributed by atoms with Gasteiger partial charge in [0.05, 0.1) is 11.9 Å². The quantitative estimate of drug-likeness (QED) is 0.761. The van der Waals surface area contributed by atoms with Crippen molar-refractivity contribution in [3.05, 3.63) is 48.3 Å². The lowest BCUT2D eigenvalue weighted by Crippen LogP contribution is -2.27. The Morgan fingerprint density at radius 2 is 1.62 bits per heavy atom. The summed E-state index contributed by atoms with van der Waals surface area (Å²) in [6.07, 6.45) is 1.62. The second-order valence-electron chi connectivity index (χ2n) is 5.92. The number of pyridine rings is 1. The molecule has 3 N–H and O–H groups in total. The lowest BCUT2D eigenvalue weighted by molar-refractivity contribution is -0.114. The zero-order chi connectivity index (χ0) is 17.5. The Hall–Kier alpha value is -2.89. The molecular formula is C18H22N4O2. The number of nitrogens with zero attached hydrogens (tertiary/aromatic N) is 1. The Labute approximate surface area is 141 Å². The maximum Gasteiger partial charge on any atom is 0.269 e. The molecule has 2 aromatic rings. The first-order valence-corrected chi connectivity index (χ1v) is 7.83. The number of anilines is 3. The van der Waals surface area contributed by atoms with E-state index in [2.05, 4.69) is 20.9 Å². The van der Waals surface area contributed by atoms with E-state index in [4.69, 9.17) is 0 Å². The zero-order valence-corrected chi connectivity index (χ0v) is 14.1. The Morgan fingerprint density at radius 3 is 2.17 bits per heavy atom. The van der Waals surface area contributed by atoms with E-state index < -0.39 is 0 Å². The number of benzene rings is 1. The second kappa shape index (κ2) is 8.10. The predicted octanol–water partition coefficient (Wildman–Crippen LogP) is 3.17. The monoisotopic (exact) mass is 326 g/mol. The van der Waals surface area contributed by atoms with Gasteiger partial charge in [-0.2, -0.15) is 0 Å². The van der Waals surface area contributed by atoms with Crippen molar-refractivity contribution < 1.29 is 9.59 Å². The molecule has 1 heterocycles. The van der Waals surface area contributed by atoms with Crippen molar-refractivity contribution in [3.8, 4) is 0 Å². The van der Waals surface area contributed by atoms with Gasteiger partial charge in [-0.05, 0) is 42.3 Å². The molecule has 0 aliphatic heterocycles. The molecule has 1 aromatic carbocycles. The summed E-state index contributed by atoms with van der Waals surface area (Å²) in [5.41, 5.74) is 2.77. The maximum absolute atomic E-state index is 11.9. The number of rotatable bonds is 6. The number of nitrogens with one attached hydrogen (secondary N) is 3. The summed E-state index contributed by atoms with van der Waals surface area (Å²) in [6.45, 7) is 6.17. The molecule has 2 amide bonds. The van der Waals surface area contributed by atoms with Gasteiger partial charge in [-0.3, -0.25) is 9.59 Å². The summed E-state index contributed by atoms with van der Waals surface area (Å²) in [7, 11) is 0. The molecular weight excluding hydrogens is 304 g/mol. The molecule has 0 aliphatic rings. The average molecular weight is 326 g/mol. The van der Waals surface area contributed by atoms with Crippen LogP contribution in [0.15, 0.2) is 42.6 Å². The molecule has 0 saturated heterocycles. The zero-order valence-electron chi connectivity index (χ0n) is 14.1. The molecule has 0 bridgehead atoms. The van der Waals surface area contributed by atoms with E-state index in [9.17, 15) is 9.59 Å². The van der Waals surface area contributed by atoms with Gasteiger partial charge in [0.25, 0.3) is 5.91 Å². The smallest absolute Gasteiger partial charge is 0.269 e. The van der Waals surface area contributed by atoms with Crippen molar-refractivity contribution in [3.63, 3.8) is 0 Å². The summed E-state index contributed by atoms with van der Waals surface area (Å²) in [5.74, 6) is 0.122. The molecule has 1 aromatic heterocycles. The Balaban J connectivity index is 1.96. The first-order valence-electron chi connectivity index (χ1n) is 7.83. The lowest BCUT2D eigenvalue weighted by atomic mass is 10.2. The molecule has 0 atom stereocenters. The molecule has 0 spiro atoms. The van der Waals surface area contributed by atoms with Gasteiger partial charge in [-0.1, -0.05) is 13.8 Å². The second-order valence-corrected chi connectivity index (χ2v) is 5.92. The number of carbonyl (C=O) groups is 2. The number of hydrogen-bond acceptors (Lipinski definition) is 4. The van der Waals surface area contributed by atoms with E-state index in [1.165, 1.54) is 6.92 Å². The highest BCUT2D eigenvalue weighted by Crippen LogP contribution is 2.18. The van der Waals surface area contributed by atoms with Gasteiger partial charge in [0, 0.05) is 24.8 Å². The van der Waals surface area contributed by atoms with Gasteiger partial charge in [-0.25, -0.2) is 4.98 Å². The SMILES string of the molecule is CC(=O)Nc1ccc(Nc2ccc(C(=O)NCC(C)C)nc2)cc1. The van der Waals surface area contributed by atoms with Crippen LogP contribution in [0.1, 0.15) is 31.3 Å². The molecule has 126 valence electrons. The average Bonchev–Trinajstić information content (AvgIpc) is 2.54. The molecule has 6 nitrogen and oxygen atoms in total. The van der Waals surface area contributed by atoms with E-state index in [0.29, 0.717) is 18.2 Å². The fourth-order valence-electron chi connectivity index (χ4n) is 2.00. The summed E-state index contributed by atoms with van der Waals surface area (Å²) in [5, 5.41) is 8.74. The Kier molecular flexibility index (Phi) is 5.89. The summed E-state index contributed by atoms with van der Waals surface area (Å²) in [4.78, 5) is 27.1. The summed E-state index contributed by atoms with van der Waals surface area (Å²) >= 11 is 0. The van der Waals surface area contributed by atoms with Gasteiger partial charge in [-0.15, -0.1) is 0 Å². The highest BCUT2D eigenvalue weighted by molar-refractivity contribution is 5.92. The van der Waals surface area contributed by atoms with Gasteiger partial charge in [0.2, 0.25) is 5.91 Å².